The number of carboxylic acids is 1. The molecule has 0 aromatic heterocycles. The van der Waals surface area contributed by atoms with Crippen LogP contribution in [0.5, 0.6) is 0 Å². The minimum Gasteiger partial charge on any atom is -0.480 e. The van der Waals surface area contributed by atoms with Crippen LogP contribution in [-0.2, 0) is 23.9 Å². The summed E-state index contributed by atoms with van der Waals surface area (Å²) in [6, 6.07) is -1.38. The second-order valence-corrected chi connectivity index (χ2v) is 17.6. The van der Waals surface area contributed by atoms with Crippen molar-refractivity contribution < 1.29 is 34.1 Å². The fourth-order valence-electron chi connectivity index (χ4n) is 7.75. The molecule has 2 atom stereocenters. The molecular formula is C52H96N2O7. The Kier molecular flexibility index (Phi) is 44.8. The molecule has 0 aliphatic carbocycles. The molecule has 0 fully saturated rings. The first-order chi connectivity index (χ1) is 29.8. The highest BCUT2D eigenvalue weighted by molar-refractivity contribution is 5.87. The van der Waals surface area contributed by atoms with Crippen LogP contribution in [0, 0.1) is 0 Å². The Morgan fingerprint density at radius 3 is 1.33 bits per heavy atom. The van der Waals surface area contributed by atoms with Crippen LogP contribution in [-0.4, -0.2) is 59.3 Å². The van der Waals surface area contributed by atoms with E-state index in [1.54, 1.807) is 0 Å². The lowest BCUT2D eigenvalue weighted by Gasteiger charge is -2.18. The first kappa shape index (κ1) is 58.3. The predicted molar refractivity (Wildman–Crippen MR) is 255 cm³/mol. The highest BCUT2D eigenvalue weighted by atomic mass is 16.5. The van der Waals surface area contributed by atoms with Gasteiger partial charge >= 0.3 is 11.9 Å². The van der Waals surface area contributed by atoms with E-state index in [0.29, 0.717) is 19.3 Å². The summed E-state index contributed by atoms with van der Waals surface area (Å²) in [4.78, 5) is 47.8. The molecule has 0 saturated heterocycles. The number of aliphatic carboxylic acids is 1. The minimum absolute atomic E-state index is 0.0152. The molecule has 0 aromatic carbocycles. The van der Waals surface area contributed by atoms with Gasteiger partial charge in [0.15, 0.2) is 0 Å². The van der Waals surface area contributed by atoms with Gasteiger partial charge in [0.25, 0.3) is 0 Å². The van der Waals surface area contributed by atoms with Crippen LogP contribution in [0.1, 0.15) is 258 Å². The molecule has 0 aromatic rings. The number of nitrogens with one attached hydrogen (secondary N) is 2. The second-order valence-electron chi connectivity index (χ2n) is 17.6. The first-order valence-electron chi connectivity index (χ1n) is 25.7. The van der Waals surface area contributed by atoms with E-state index in [0.717, 1.165) is 64.2 Å². The predicted octanol–water partition coefficient (Wildman–Crippen LogP) is 13.6. The number of hydrogen-bond acceptors (Lipinski definition) is 6. The molecule has 0 radical (unpaired) electrons. The molecule has 0 bridgehead atoms. The molecule has 2 amide bonds. The summed E-state index contributed by atoms with van der Waals surface area (Å²) in [5.41, 5.74) is 0. The molecule has 9 nitrogen and oxygen atoms in total. The van der Waals surface area contributed by atoms with Crippen molar-refractivity contribution in [3.05, 3.63) is 24.3 Å². The minimum atomic E-state index is -1.38. The van der Waals surface area contributed by atoms with Crippen LogP contribution in [0.2, 0.25) is 0 Å². The SMILES string of the molecule is CCCCCC/C=C\C/C=C\CCCCCCCCCC(=O)OC(CCCCCCCCCCCCCCCCC)CCCCCCCC(=O)NCC(=O)NC(CO)C(=O)O. The maximum absolute atomic E-state index is 12.9. The van der Waals surface area contributed by atoms with Crippen molar-refractivity contribution in [2.24, 2.45) is 0 Å². The Bertz CT molecular complexity index is 1080. The number of rotatable bonds is 47. The lowest BCUT2D eigenvalue weighted by atomic mass is 10.0. The van der Waals surface area contributed by atoms with Gasteiger partial charge in [0.05, 0.1) is 13.2 Å². The van der Waals surface area contributed by atoms with Gasteiger partial charge in [-0.3, -0.25) is 14.4 Å². The van der Waals surface area contributed by atoms with Gasteiger partial charge < -0.3 is 25.6 Å². The van der Waals surface area contributed by atoms with Gasteiger partial charge in [-0.15, -0.1) is 0 Å². The topological polar surface area (TPSA) is 142 Å². The molecule has 61 heavy (non-hydrogen) atoms. The van der Waals surface area contributed by atoms with Crippen molar-refractivity contribution in [3.63, 3.8) is 0 Å². The Labute approximate surface area is 374 Å². The van der Waals surface area contributed by atoms with Crippen molar-refractivity contribution in [1.82, 2.24) is 10.6 Å². The van der Waals surface area contributed by atoms with Crippen LogP contribution < -0.4 is 10.6 Å². The van der Waals surface area contributed by atoms with E-state index >= 15 is 0 Å². The number of carbonyl (C=O) groups excluding carboxylic acids is 3. The molecular weight excluding hydrogens is 765 g/mol. The van der Waals surface area contributed by atoms with E-state index < -0.39 is 24.5 Å². The Morgan fingerprint density at radius 2 is 0.885 bits per heavy atom. The fourth-order valence-corrected chi connectivity index (χ4v) is 7.75. The van der Waals surface area contributed by atoms with Crippen LogP contribution in [0.3, 0.4) is 0 Å². The van der Waals surface area contributed by atoms with Crippen LogP contribution in [0.25, 0.3) is 0 Å². The summed E-state index contributed by atoms with van der Waals surface area (Å²) < 4.78 is 6.07. The molecule has 9 heteroatoms. The Hall–Kier alpha value is -2.68. The lowest BCUT2D eigenvalue weighted by Crippen LogP contribution is -2.47. The molecule has 4 N–H and O–H groups in total. The van der Waals surface area contributed by atoms with Crippen molar-refractivity contribution in [2.75, 3.05) is 13.2 Å². The molecule has 0 aliphatic rings. The zero-order chi connectivity index (χ0) is 44.7. The normalized spacial score (nSPS) is 12.6. The summed E-state index contributed by atoms with van der Waals surface area (Å²) in [6.45, 7) is 3.50. The summed E-state index contributed by atoms with van der Waals surface area (Å²) >= 11 is 0. The standard InChI is InChI=1S/C52H96N2O7/c1-3-5-7-9-11-13-15-17-19-20-21-23-25-27-29-31-36-40-44-51(58)61-47(41-37-33-30-28-26-24-22-18-16-14-12-10-8-6-4-2)42-38-34-32-35-39-43-49(56)53-45-50(57)54-48(46-55)52(59)60/h13,15,19-20,47-48,55H,3-12,14,16-18,21-46H2,1-2H3,(H,53,56)(H,54,57)(H,59,60)/b15-13-,20-19-. The van der Waals surface area contributed by atoms with Gasteiger partial charge in [0, 0.05) is 12.8 Å². The van der Waals surface area contributed by atoms with Crippen molar-refractivity contribution in [2.45, 2.75) is 270 Å². The van der Waals surface area contributed by atoms with E-state index in [1.165, 1.54) is 161 Å². The van der Waals surface area contributed by atoms with E-state index in [9.17, 15) is 19.2 Å². The van der Waals surface area contributed by atoms with Gasteiger partial charge in [0.2, 0.25) is 11.8 Å². The monoisotopic (exact) mass is 861 g/mol. The average Bonchev–Trinajstić information content (AvgIpc) is 3.25. The van der Waals surface area contributed by atoms with Crippen LogP contribution in [0.15, 0.2) is 24.3 Å². The van der Waals surface area contributed by atoms with Gasteiger partial charge in [-0.25, -0.2) is 4.79 Å². The van der Waals surface area contributed by atoms with E-state index in [2.05, 4.69) is 48.8 Å². The van der Waals surface area contributed by atoms with Gasteiger partial charge in [0.1, 0.15) is 12.1 Å². The Balaban J connectivity index is 4.30. The van der Waals surface area contributed by atoms with Crippen molar-refractivity contribution in [3.8, 4) is 0 Å². The smallest absolute Gasteiger partial charge is 0.328 e. The number of carboxylic acid groups (broad SMARTS) is 1. The zero-order valence-electron chi connectivity index (χ0n) is 39.7. The Morgan fingerprint density at radius 1 is 0.492 bits per heavy atom. The second kappa shape index (κ2) is 46.8. The maximum Gasteiger partial charge on any atom is 0.328 e. The number of ether oxygens (including phenoxy) is 1. The summed E-state index contributed by atoms with van der Waals surface area (Å²) in [7, 11) is 0. The van der Waals surface area contributed by atoms with Gasteiger partial charge in [-0.1, -0.05) is 199 Å². The fraction of sp³-hybridized carbons (Fsp3) is 0.846. The van der Waals surface area contributed by atoms with Gasteiger partial charge in [-0.05, 0) is 70.6 Å². The van der Waals surface area contributed by atoms with E-state index in [1.807, 2.05) is 0 Å². The molecule has 0 spiro atoms. The lowest BCUT2D eigenvalue weighted by molar-refractivity contribution is -0.150. The average molecular weight is 861 g/mol. The zero-order valence-corrected chi connectivity index (χ0v) is 39.7. The number of esters is 1. The number of aliphatic hydroxyl groups excluding tert-OH is 1. The van der Waals surface area contributed by atoms with Crippen molar-refractivity contribution >= 4 is 23.8 Å². The van der Waals surface area contributed by atoms with Crippen molar-refractivity contribution in [1.29, 1.82) is 0 Å². The third-order valence-corrected chi connectivity index (χ3v) is 11.7. The molecule has 0 heterocycles. The molecule has 0 saturated carbocycles. The summed E-state index contributed by atoms with van der Waals surface area (Å²) in [5.74, 6) is -2.28. The van der Waals surface area contributed by atoms with E-state index in [-0.39, 0.29) is 24.5 Å². The summed E-state index contributed by atoms with van der Waals surface area (Å²) in [6.07, 6.45) is 53.5. The van der Waals surface area contributed by atoms with E-state index in [4.69, 9.17) is 14.9 Å². The number of carbonyl (C=O) groups is 4. The largest absolute Gasteiger partial charge is 0.480 e. The number of unbranched alkanes of at least 4 members (excludes halogenated alkanes) is 29. The first-order valence-corrected chi connectivity index (χ1v) is 25.7. The quantitative estimate of drug-likeness (QED) is 0.0271. The van der Waals surface area contributed by atoms with Gasteiger partial charge in [-0.2, -0.15) is 0 Å². The highest BCUT2D eigenvalue weighted by Gasteiger charge is 2.19. The third kappa shape index (κ3) is 43.8. The molecule has 356 valence electrons. The highest BCUT2D eigenvalue weighted by Crippen LogP contribution is 2.19. The molecule has 2 unspecified atom stereocenters. The van der Waals surface area contributed by atoms with Crippen LogP contribution in [0.4, 0.5) is 0 Å². The number of hydrogen-bond donors (Lipinski definition) is 4. The maximum atomic E-state index is 12.9. The number of aliphatic hydroxyl groups is 1. The number of amides is 2. The van der Waals surface area contributed by atoms with Crippen LogP contribution >= 0.6 is 0 Å². The molecule has 0 aliphatic heterocycles. The number of allylic oxidation sites excluding steroid dienone is 4. The molecule has 0 rings (SSSR count). The summed E-state index contributed by atoms with van der Waals surface area (Å²) in [5, 5.41) is 22.6. The third-order valence-electron chi connectivity index (χ3n) is 11.7.